The lowest BCUT2D eigenvalue weighted by molar-refractivity contribution is 0.0157. The number of hydrogen-bond donors (Lipinski definition) is 1. The zero-order valence-electron chi connectivity index (χ0n) is 10.4. The first-order chi connectivity index (χ1) is 8.63. The van der Waals surface area contributed by atoms with Crippen LogP contribution in [0.1, 0.15) is 37.7 Å². The van der Waals surface area contributed by atoms with Crippen molar-refractivity contribution in [2.45, 2.75) is 54.6 Å². The molecular weight excluding hydrogens is 247 g/mol. The fraction of sp³-hybridized carbons (Fsp3) is 0.600. The molecule has 2 aliphatic rings. The van der Waals surface area contributed by atoms with Crippen molar-refractivity contribution in [3.8, 4) is 0 Å². The van der Waals surface area contributed by atoms with Gasteiger partial charge in [-0.2, -0.15) is 11.8 Å². The second-order valence-corrected chi connectivity index (χ2v) is 7.33. The molecule has 1 aromatic rings. The van der Waals surface area contributed by atoms with Gasteiger partial charge in [0.1, 0.15) is 5.82 Å². The van der Waals surface area contributed by atoms with Gasteiger partial charge in [-0.05, 0) is 56.2 Å². The molecule has 3 rings (SSSR count). The van der Waals surface area contributed by atoms with Crippen LogP contribution in [0, 0.1) is 5.82 Å². The van der Waals surface area contributed by atoms with Crippen LogP contribution in [0.5, 0.6) is 0 Å². The summed E-state index contributed by atoms with van der Waals surface area (Å²) in [4.78, 5) is 0. The normalized spacial score (nSPS) is 34.8. The van der Waals surface area contributed by atoms with Crippen molar-refractivity contribution in [1.29, 1.82) is 0 Å². The van der Waals surface area contributed by atoms with E-state index in [1.54, 1.807) is 12.1 Å². The molecule has 2 atom stereocenters. The highest BCUT2D eigenvalue weighted by atomic mass is 32.2. The molecule has 2 heterocycles. The van der Waals surface area contributed by atoms with Gasteiger partial charge in [-0.15, -0.1) is 0 Å². The highest BCUT2D eigenvalue weighted by Crippen LogP contribution is 2.48. The van der Waals surface area contributed by atoms with Crippen LogP contribution in [-0.2, 0) is 6.42 Å². The minimum Gasteiger partial charge on any atom is -0.390 e. The summed E-state index contributed by atoms with van der Waals surface area (Å²) in [5.74, 6) is -0.182. The number of fused-ring (bicyclic) bond motifs is 2. The van der Waals surface area contributed by atoms with Crippen LogP contribution < -0.4 is 0 Å². The number of aryl methyl sites for hydroxylation is 1. The van der Waals surface area contributed by atoms with E-state index in [4.69, 9.17) is 0 Å². The lowest BCUT2D eigenvalue weighted by Crippen LogP contribution is -2.37. The highest BCUT2D eigenvalue weighted by molar-refractivity contribution is 8.00. The third kappa shape index (κ3) is 2.72. The molecule has 3 heteroatoms. The average molecular weight is 266 g/mol. The second-order valence-electron chi connectivity index (χ2n) is 5.72. The van der Waals surface area contributed by atoms with Crippen molar-refractivity contribution in [1.82, 2.24) is 0 Å². The fourth-order valence-electron chi connectivity index (χ4n) is 3.28. The minimum atomic E-state index is -0.511. The predicted molar refractivity (Wildman–Crippen MR) is 73.3 cm³/mol. The first-order valence-corrected chi connectivity index (χ1v) is 7.70. The molecule has 2 saturated heterocycles. The molecule has 0 aromatic heterocycles. The smallest absolute Gasteiger partial charge is 0.123 e. The molecule has 1 N–H and O–H groups in total. The van der Waals surface area contributed by atoms with E-state index in [1.807, 2.05) is 6.07 Å². The van der Waals surface area contributed by atoms with Crippen LogP contribution in [-0.4, -0.2) is 21.2 Å². The Kier molecular flexibility index (Phi) is 3.37. The molecule has 2 aliphatic heterocycles. The van der Waals surface area contributed by atoms with E-state index < -0.39 is 5.60 Å². The van der Waals surface area contributed by atoms with Gasteiger partial charge in [-0.25, -0.2) is 4.39 Å². The summed E-state index contributed by atoms with van der Waals surface area (Å²) in [6.07, 6.45) is 5.91. The summed E-state index contributed by atoms with van der Waals surface area (Å²) in [7, 11) is 0. The number of rotatable bonds is 3. The molecule has 0 amide bonds. The van der Waals surface area contributed by atoms with Crippen molar-refractivity contribution in [3.05, 3.63) is 35.6 Å². The largest absolute Gasteiger partial charge is 0.390 e. The molecule has 2 bridgehead atoms. The summed E-state index contributed by atoms with van der Waals surface area (Å²) < 4.78 is 13.1. The van der Waals surface area contributed by atoms with Crippen molar-refractivity contribution in [3.63, 3.8) is 0 Å². The summed E-state index contributed by atoms with van der Waals surface area (Å²) in [5.41, 5.74) is 0.484. The molecule has 0 saturated carbocycles. The van der Waals surface area contributed by atoms with E-state index in [1.165, 1.54) is 18.9 Å². The first kappa shape index (κ1) is 12.5. The van der Waals surface area contributed by atoms with Crippen LogP contribution in [0.2, 0.25) is 0 Å². The number of benzene rings is 1. The van der Waals surface area contributed by atoms with Crippen LogP contribution >= 0.6 is 11.8 Å². The Morgan fingerprint density at radius 1 is 1.28 bits per heavy atom. The van der Waals surface area contributed by atoms with Crippen LogP contribution in [0.15, 0.2) is 24.3 Å². The second kappa shape index (κ2) is 4.86. The van der Waals surface area contributed by atoms with Crippen LogP contribution in [0.25, 0.3) is 0 Å². The topological polar surface area (TPSA) is 20.2 Å². The summed E-state index contributed by atoms with van der Waals surface area (Å²) >= 11 is 2.06. The predicted octanol–water partition coefficient (Wildman–Crippen LogP) is 3.55. The Balaban J connectivity index is 1.62. The average Bonchev–Trinajstić information content (AvgIpc) is 2.67. The van der Waals surface area contributed by atoms with Gasteiger partial charge in [-0.1, -0.05) is 12.1 Å². The maximum absolute atomic E-state index is 13.1. The van der Waals surface area contributed by atoms with E-state index in [0.29, 0.717) is 10.5 Å². The van der Waals surface area contributed by atoms with Crippen LogP contribution in [0.4, 0.5) is 4.39 Å². The molecule has 2 unspecified atom stereocenters. The van der Waals surface area contributed by atoms with E-state index in [2.05, 4.69) is 11.8 Å². The molecule has 0 spiro atoms. The lowest BCUT2D eigenvalue weighted by atomic mass is 9.87. The molecule has 18 heavy (non-hydrogen) atoms. The van der Waals surface area contributed by atoms with Gasteiger partial charge in [0.2, 0.25) is 0 Å². The standard InChI is InChI=1S/C15H19FOS/c16-12-3-1-2-11(8-12)6-7-15(17)9-13-4-5-14(10-15)18-13/h1-3,8,13-14,17H,4-7,9-10H2. The maximum Gasteiger partial charge on any atom is 0.123 e. The highest BCUT2D eigenvalue weighted by Gasteiger charge is 2.42. The monoisotopic (exact) mass is 266 g/mol. The molecule has 2 fully saturated rings. The van der Waals surface area contributed by atoms with Crippen molar-refractivity contribution in [2.75, 3.05) is 0 Å². The zero-order valence-corrected chi connectivity index (χ0v) is 11.3. The van der Waals surface area contributed by atoms with Gasteiger partial charge in [0, 0.05) is 10.5 Å². The lowest BCUT2D eigenvalue weighted by Gasteiger charge is -2.36. The third-order valence-electron chi connectivity index (χ3n) is 4.18. The van der Waals surface area contributed by atoms with Gasteiger partial charge in [0.05, 0.1) is 5.60 Å². The number of thioether (sulfide) groups is 1. The Morgan fingerprint density at radius 2 is 2.00 bits per heavy atom. The van der Waals surface area contributed by atoms with Gasteiger partial charge >= 0.3 is 0 Å². The third-order valence-corrected chi connectivity index (χ3v) is 5.75. The van der Waals surface area contributed by atoms with Crippen molar-refractivity contribution >= 4 is 11.8 Å². The molecule has 0 radical (unpaired) electrons. The van der Waals surface area contributed by atoms with Gasteiger partial charge in [0.15, 0.2) is 0 Å². The summed E-state index contributed by atoms with van der Waals surface area (Å²) in [6, 6.07) is 6.74. The molecule has 0 aliphatic carbocycles. The number of halogens is 1. The Bertz CT molecular complexity index is 422. The molecule has 1 nitrogen and oxygen atoms in total. The summed E-state index contributed by atoms with van der Waals surface area (Å²) in [6.45, 7) is 0. The van der Waals surface area contributed by atoms with E-state index in [9.17, 15) is 9.50 Å². The van der Waals surface area contributed by atoms with Gasteiger partial charge in [-0.3, -0.25) is 0 Å². The van der Waals surface area contributed by atoms with Crippen molar-refractivity contribution in [2.24, 2.45) is 0 Å². The van der Waals surface area contributed by atoms with E-state index in [0.717, 1.165) is 31.2 Å². The Labute approximate surface area is 112 Å². The van der Waals surface area contributed by atoms with Gasteiger partial charge < -0.3 is 5.11 Å². The molecule has 98 valence electrons. The number of aliphatic hydroxyl groups is 1. The summed E-state index contributed by atoms with van der Waals surface area (Å²) in [5, 5.41) is 12.0. The Hall–Kier alpha value is -0.540. The quantitative estimate of drug-likeness (QED) is 0.903. The minimum absolute atomic E-state index is 0.182. The molecular formula is C15H19FOS. The van der Waals surface area contributed by atoms with E-state index in [-0.39, 0.29) is 5.82 Å². The SMILES string of the molecule is OC1(CCc2cccc(F)c2)CC2CCC(C1)S2. The Morgan fingerprint density at radius 3 is 2.67 bits per heavy atom. The van der Waals surface area contributed by atoms with Crippen LogP contribution in [0.3, 0.4) is 0 Å². The zero-order chi connectivity index (χ0) is 12.6. The van der Waals surface area contributed by atoms with Gasteiger partial charge in [0.25, 0.3) is 0 Å². The van der Waals surface area contributed by atoms with E-state index >= 15 is 0 Å². The maximum atomic E-state index is 13.1. The van der Waals surface area contributed by atoms with Crippen molar-refractivity contribution < 1.29 is 9.50 Å². The molecule has 1 aromatic carbocycles. The first-order valence-electron chi connectivity index (χ1n) is 6.75. The fourth-order valence-corrected chi connectivity index (χ4v) is 5.19. The number of hydrogen-bond acceptors (Lipinski definition) is 2.